The minimum absolute atomic E-state index is 0. The van der Waals surface area contributed by atoms with E-state index in [2.05, 4.69) is 9.24 Å². The van der Waals surface area contributed by atoms with Crippen molar-refractivity contribution in [2.75, 3.05) is 0 Å². The van der Waals surface area contributed by atoms with Crippen LogP contribution in [0, 0.1) is 0 Å². The normalized spacial score (nSPS) is 8.11. The zero-order valence-electron chi connectivity index (χ0n) is 4.74. The fourth-order valence-electron chi connectivity index (χ4n) is 0.525. The Morgan fingerprint density at radius 2 is 2.00 bits per heavy atom. The first-order chi connectivity index (χ1) is 3.79. The van der Waals surface area contributed by atoms with E-state index in [0.29, 0.717) is 5.75 Å². The van der Waals surface area contributed by atoms with Crippen LogP contribution in [0.4, 0.5) is 0 Å². The molecule has 3 heteroatoms. The Morgan fingerprint density at radius 3 is 2.33 bits per heavy atom. The Hall–Kier alpha value is -0.0700. The van der Waals surface area contributed by atoms with Crippen LogP contribution in [-0.2, 0) is 0 Å². The van der Waals surface area contributed by atoms with Gasteiger partial charge in [-0.05, 0) is 17.4 Å². The summed E-state index contributed by atoms with van der Waals surface area (Å²) in [5.41, 5.74) is 0. The second kappa shape index (κ2) is 3.86. The zero-order valence-corrected chi connectivity index (χ0v) is 7.61. The van der Waals surface area contributed by atoms with Crippen LogP contribution in [0.5, 0.6) is 5.75 Å². The van der Waals surface area contributed by atoms with Gasteiger partial charge in [0, 0.05) is 0 Å². The van der Waals surface area contributed by atoms with Crippen molar-refractivity contribution in [2.24, 2.45) is 0 Å². The molecule has 50 valence electrons. The van der Waals surface area contributed by atoms with Gasteiger partial charge in [0.05, 0.1) is 0 Å². The van der Waals surface area contributed by atoms with Crippen molar-refractivity contribution < 1.29 is 5.11 Å². The lowest BCUT2D eigenvalue weighted by Gasteiger charge is -1.89. The van der Waals surface area contributed by atoms with E-state index >= 15 is 0 Å². The minimum atomic E-state index is 0. The summed E-state index contributed by atoms with van der Waals surface area (Å²) in [5.74, 6) is 0.317. The molecule has 1 rings (SSSR count). The highest BCUT2D eigenvalue weighted by Crippen LogP contribution is 2.04. The molecule has 0 aromatic heterocycles. The van der Waals surface area contributed by atoms with Crippen LogP contribution in [0.25, 0.3) is 0 Å². The molecule has 0 aliphatic rings. The lowest BCUT2D eigenvalue weighted by atomic mass is 10.3. The molecular weight excluding hydrogens is 199 g/mol. The Labute approximate surface area is 67.1 Å². The number of rotatable bonds is 0. The third-order valence-corrected chi connectivity index (χ3v) is 1.23. The summed E-state index contributed by atoms with van der Waals surface area (Å²) in [6.07, 6.45) is 0. The van der Waals surface area contributed by atoms with Crippen LogP contribution >= 0.6 is 26.2 Å². The van der Waals surface area contributed by atoms with Gasteiger partial charge in [-0.15, -0.1) is 26.2 Å². The molecule has 9 heavy (non-hydrogen) atoms. The Bertz CT molecular complexity index is 173. The average molecular weight is 207 g/mol. The van der Waals surface area contributed by atoms with Crippen molar-refractivity contribution in [3.63, 3.8) is 0 Å². The average Bonchev–Trinajstić information content (AvgIpc) is 1.64. The second-order valence-electron chi connectivity index (χ2n) is 1.59. The molecule has 0 saturated heterocycles. The molecule has 1 nitrogen and oxygen atoms in total. The first-order valence-corrected chi connectivity index (χ1v) is 2.91. The van der Waals surface area contributed by atoms with Gasteiger partial charge in [-0.1, -0.05) is 12.1 Å². The monoisotopic (exact) mass is 206 g/mol. The van der Waals surface area contributed by atoms with Crippen molar-refractivity contribution in [3.05, 3.63) is 24.3 Å². The molecule has 1 aromatic rings. The predicted octanol–water partition coefficient (Wildman–Crippen LogP) is 1.47. The van der Waals surface area contributed by atoms with Crippen molar-refractivity contribution >= 4 is 31.5 Å². The molecule has 0 heterocycles. The van der Waals surface area contributed by atoms with Gasteiger partial charge in [-0.3, -0.25) is 0 Å². The van der Waals surface area contributed by atoms with E-state index in [1.54, 1.807) is 18.2 Å². The van der Waals surface area contributed by atoms with E-state index in [9.17, 15) is 0 Å². The first kappa shape index (κ1) is 8.93. The number of benzene rings is 1. The van der Waals surface area contributed by atoms with E-state index in [4.69, 9.17) is 5.11 Å². The lowest BCUT2D eigenvalue weighted by Crippen LogP contribution is -1.84. The highest BCUT2D eigenvalue weighted by atomic mass is 79.9. The molecule has 0 saturated carbocycles. The van der Waals surface area contributed by atoms with E-state index in [-0.39, 0.29) is 17.0 Å². The quantitative estimate of drug-likeness (QED) is 0.638. The van der Waals surface area contributed by atoms with Crippen LogP contribution < -0.4 is 5.30 Å². The molecular formula is C6H8BrOP. The van der Waals surface area contributed by atoms with Gasteiger partial charge in [0.15, 0.2) is 0 Å². The van der Waals surface area contributed by atoms with E-state index in [1.165, 1.54) is 0 Å². The fraction of sp³-hybridized carbons (Fsp3) is 0. The van der Waals surface area contributed by atoms with Crippen molar-refractivity contribution in [2.45, 2.75) is 0 Å². The van der Waals surface area contributed by atoms with Gasteiger partial charge in [-0.25, -0.2) is 0 Å². The first-order valence-electron chi connectivity index (χ1n) is 2.33. The maximum Gasteiger partial charge on any atom is 0.116 e. The van der Waals surface area contributed by atoms with Gasteiger partial charge in [0.25, 0.3) is 0 Å². The summed E-state index contributed by atoms with van der Waals surface area (Å²) in [6, 6.07) is 7.04. The van der Waals surface area contributed by atoms with E-state index in [0.717, 1.165) is 5.30 Å². The van der Waals surface area contributed by atoms with Crippen LogP contribution in [0.2, 0.25) is 0 Å². The van der Waals surface area contributed by atoms with Gasteiger partial charge in [0.1, 0.15) is 5.75 Å². The summed E-state index contributed by atoms with van der Waals surface area (Å²) in [4.78, 5) is 0. The molecule has 0 amide bonds. The Kier molecular flexibility index (Phi) is 3.83. The van der Waals surface area contributed by atoms with Crippen LogP contribution in [-0.4, -0.2) is 5.11 Å². The van der Waals surface area contributed by atoms with Crippen molar-refractivity contribution in [1.82, 2.24) is 0 Å². The Morgan fingerprint density at radius 1 is 1.33 bits per heavy atom. The van der Waals surface area contributed by atoms with Crippen LogP contribution in [0.15, 0.2) is 24.3 Å². The number of hydrogen-bond donors (Lipinski definition) is 1. The molecule has 0 fully saturated rings. The third kappa shape index (κ3) is 2.83. The molecule has 1 atom stereocenters. The number of hydrogen-bond acceptors (Lipinski definition) is 1. The zero-order chi connectivity index (χ0) is 5.98. The van der Waals surface area contributed by atoms with Gasteiger partial charge < -0.3 is 5.11 Å². The number of phenolic OH excluding ortho intramolecular Hbond substituents is 1. The lowest BCUT2D eigenvalue weighted by molar-refractivity contribution is 0.476. The topological polar surface area (TPSA) is 20.2 Å². The van der Waals surface area contributed by atoms with E-state index < -0.39 is 0 Å². The molecule has 0 aliphatic carbocycles. The van der Waals surface area contributed by atoms with Crippen molar-refractivity contribution in [1.29, 1.82) is 0 Å². The van der Waals surface area contributed by atoms with Crippen LogP contribution in [0.3, 0.4) is 0 Å². The highest BCUT2D eigenvalue weighted by Gasteiger charge is 1.83. The highest BCUT2D eigenvalue weighted by molar-refractivity contribution is 8.93. The molecule has 0 radical (unpaired) electrons. The van der Waals surface area contributed by atoms with Gasteiger partial charge >= 0.3 is 0 Å². The maximum atomic E-state index is 8.80. The van der Waals surface area contributed by atoms with E-state index in [1.807, 2.05) is 6.07 Å². The van der Waals surface area contributed by atoms with Gasteiger partial charge in [0.2, 0.25) is 0 Å². The van der Waals surface area contributed by atoms with Crippen molar-refractivity contribution in [3.8, 4) is 5.75 Å². The molecule has 0 aliphatic heterocycles. The number of aromatic hydroxyl groups is 1. The predicted molar refractivity (Wildman–Crippen MR) is 47.8 cm³/mol. The maximum absolute atomic E-state index is 8.80. The second-order valence-corrected chi connectivity index (χ2v) is 2.26. The molecule has 1 unspecified atom stereocenters. The molecule has 0 bridgehead atoms. The number of halogens is 1. The smallest absolute Gasteiger partial charge is 0.116 e. The number of phenols is 1. The summed E-state index contributed by atoms with van der Waals surface area (Å²) in [5, 5.41) is 9.80. The summed E-state index contributed by atoms with van der Waals surface area (Å²) in [7, 11) is 2.50. The van der Waals surface area contributed by atoms with Crippen LogP contribution in [0.1, 0.15) is 0 Å². The molecule has 0 spiro atoms. The SMILES string of the molecule is Br.Oc1cccc(P)c1. The molecule has 1 N–H and O–H groups in total. The standard InChI is InChI=1S/C6H7OP.BrH/c7-5-2-1-3-6(8)4-5;/h1-4,7H,8H2;1H. The minimum Gasteiger partial charge on any atom is -0.508 e. The Balaban J connectivity index is 0.000000640. The molecule has 1 aromatic carbocycles. The summed E-state index contributed by atoms with van der Waals surface area (Å²) in [6.45, 7) is 0. The summed E-state index contributed by atoms with van der Waals surface area (Å²) >= 11 is 0. The third-order valence-electron chi connectivity index (χ3n) is 0.870. The fourth-order valence-corrected chi connectivity index (χ4v) is 0.807. The largest absolute Gasteiger partial charge is 0.508 e. The summed E-state index contributed by atoms with van der Waals surface area (Å²) < 4.78 is 0. The van der Waals surface area contributed by atoms with Gasteiger partial charge in [-0.2, -0.15) is 0 Å².